The molecule has 0 aliphatic carbocycles. The summed E-state index contributed by atoms with van der Waals surface area (Å²) in [5, 5.41) is 1.50. The molecule has 0 atom stereocenters. The predicted octanol–water partition coefficient (Wildman–Crippen LogP) is 4.72. The van der Waals surface area contributed by atoms with Gasteiger partial charge in [0.25, 0.3) is 0 Å². The van der Waals surface area contributed by atoms with Crippen molar-refractivity contribution in [1.82, 2.24) is 4.98 Å². The molecule has 2 nitrogen and oxygen atoms in total. The second kappa shape index (κ2) is 5.13. The fraction of sp³-hybridized carbons (Fsp3) is 0.0833. The topological polar surface area (TPSA) is 22.1 Å². The van der Waals surface area contributed by atoms with Gasteiger partial charge in [-0.25, -0.2) is 4.98 Å². The third-order valence-corrected chi connectivity index (χ3v) is 2.87. The lowest BCUT2D eigenvalue weighted by atomic mass is 10.1. The van der Waals surface area contributed by atoms with Crippen molar-refractivity contribution < 1.29 is 4.74 Å². The maximum atomic E-state index is 5.96. The fourth-order valence-corrected chi connectivity index (χ4v) is 2.20. The Hall–Kier alpha value is -0.960. The number of aromatic nitrogens is 1. The standard InChI is InChI=1S/C12H8Cl3NO/c1-17-11-6-16-12(15)5-10(11)7-2-8(13)4-9(14)3-7/h2-6H,1H3. The molecule has 0 unspecified atom stereocenters. The number of methoxy groups -OCH3 is 1. The van der Waals surface area contributed by atoms with Gasteiger partial charge in [-0.3, -0.25) is 0 Å². The average molecular weight is 289 g/mol. The Morgan fingerprint density at radius 3 is 2.24 bits per heavy atom. The average Bonchev–Trinajstić information content (AvgIpc) is 2.27. The van der Waals surface area contributed by atoms with Crippen LogP contribution in [0.2, 0.25) is 15.2 Å². The van der Waals surface area contributed by atoms with Crippen LogP contribution in [0.15, 0.2) is 30.5 Å². The van der Waals surface area contributed by atoms with E-state index in [0.29, 0.717) is 20.9 Å². The van der Waals surface area contributed by atoms with Gasteiger partial charge in [-0.1, -0.05) is 34.8 Å². The lowest BCUT2D eigenvalue weighted by molar-refractivity contribution is 0.414. The molecule has 1 aromatic carbocycles. The van der Waals surface area contributed by atoms with Gasteiger partial charge in [0.15, 0.2) is 0 Å². The van der Waals surface area contributed by atoms with Crippen LogP contribution in [0.25, 0.3) is 11.1 Å². The minimum absolute atomic E-state index is 0.386. The molecule has 1 aromatic heterocycles. The van der Waals surface area contributed by atoms with Crippen molar-refractivity contribution in [3.63, 3.8) is 0 Å². The number of benzene rings is 1. The van der Waals surface area contributed by atoms with E-state index in [2.05, 4.69) is 4.98 Å². The molecule has 0 saturated heterocycles. The van der Waals surface area contributed by atoms with Crippen LogP contribution in [0.4, 0.5) is 0 Å². The van der Waals surface area contributed by atoms with E-state index in [4.69, 9.17) is 39.5 Å². The van der Waals surface area contributed by atoms with Crippen molar-refractivity contribution in [2.24, 2.45) is 0 Å². The first-order valence-electron chi connectivity index (χ1n) is 4.76. The zero-order chi connectivity index (χ0) is 12.4. The maximum Gasteiger partial charge on any atom is 0.145 e. The summed E-state index contributed by atoms with van der Waals surface area (Å²) in [7, 11) is 1.57. The molecule has 5 heteroatoms. The van der Waals surface area contributed by atoms with Crippen LogP contribution in [-0.2, 0) is 0 Å². The van der Waals surface area contributed by atoms with E-state index in [-0.39, 0.29) is 0 Å². The molecule has 0 aliphatic rings. The minimum Gasteiger partial charge on any atom is -0.494 e. The molecule has 1 heterocycles. The summed E-state index contributed by atoms with van der Waals surface area (Å²) in [4.78, 5) is 3.96. The Balaban J connectivity index is 2.62. The summed E-state index contributed by atoms with van der Waals surface area (Å²) >= 11 is 17.8. The number of ether oxygens (including phenoxy) is 1. The monoisotopic (exact) mass is 287 g/mol. The molecule has 0 saturated carbocycles. The third-order valence-electron chi connectivity index (χ3n) is 2.23. The van der Waals surface area contributed by atoms with E-state index < -0.39 is 0 Å². The molecule has 0 bridgehead atoms. The zero-order valence-electron chi connectivity index (χ0n) is 8.88. The van der Waals surface area contributed by atoms with Crippen LogP contribution in [-0.4, -0.2) is 12.1 Å². The molecule has 0 N–H and O–H groups in total. The Morgan fingerprint density at radius 1 is 1.00 bits per heavy atom. The number of hydrogen-bond acceptors (Lipinski definition) is 2. The first-order chi connectivity index (χ1) is 8.10. The van der Waals surface area contributed by atoms with E-state index >= 15 is 0 Å². The zero-order valence-corrected chi connectivity index (χ0v) is 11.1. The number of nitrogens with zero attached hydrogens (tertiary/aromatic N) is 1. The lowest BCUT2D eigenvalue weighted by Gasteiger charge is -2.09. The second-order valence-corrected chi connectivity index (χ2v) is 4.63. The van der Waals surface area contributed by atoms with Crippen LogP contribution in [0.3, 0.4) is 0 Å². The van der Waals surface area contributed by atoms with Crippen LogP contribution in [0.1, 0.15) is 0 Å². The Labute approximate surface area is 114 Å². The van der Waals surface area contributed by atoms with Crippen LogP contribution >= 0.6 is 34.8 Å². The predicted molar refractivity (Wildman–Crippen MR) is 71.3 cm³/mol. The van der Waals surface area contributed by atoms with Gasteiger partial charge in [0.2, 0.25) is 0 Å². The van der Waals surface area contributed by atoms with Crippen molar-refractivity contribution in [1.29, 1.82) is 0 Å². The molecule has 0 amide bonds. The van der Waals surface area contributed by atoms with Crippen LogP contribution < -0.4 is 4.74 Å². The second-order valence-electron chi connectivity index (χ2n) is 3.37. The summed E-state index contributed by atoms with van der Waals surface area (Å²) in [5.41, 5.74) is 1.64. The van der Waals surface area contributed by atoms with Crippen molar-refractivity contribution in [2.75, 3.05) is 7.11 Å². The molecule has 0 fully saturated rings. The van der Waals surface area contributed by atoms with Gasteiger partial charge in [0.05, 0.1) is 13.3 Å². The molecule has 2 rings (SSSR count). The molecular formula is C12H8Cl3NO. The van der Waals surface area contributed by atoms with Crippen molar-refractivity contribution in [3.8, 4) is 16.9 Å². The van der Waals surface area contributed by atoms with Gasteiger partial charge in [-0.15, -0.1) is 0 Å². The highest BCUT2D eigenvalue weighted by Gasteiger charge is 2.09. The number of pyridine rings is 1. The van der Waals surface area contributed by atoms with Gasteiger partial charge in [-0.2, -0.15) is 0 Å². The van der Waals surface area contributed by atoms with Gasteiger partial charge in [-0.05, 0) is 29.8 Å². The van der Waals surface area contributed by atoms with E-state index in [1.54, 1.807) is 37.6 Å². The fourth-order valence-electron chi connectivity index (χ4n) is 1.51. The molecule has 17 heavy (non-hydrogen) atoms. The first-order valence-corrected chi connectivity index (χ1v) is 5.89. The quantitative estimate of drug-likeness (QED) is 0.746. The Morgan fingerprint density at radius 2 is 1.65 bits per heavy atom. The Bertz CT molecular complexity index is 537. The van der Waals surface area contributed by atoms with Crippen LogP contribution in [0, 0.1) is 0 Å². The van der Waals surface area contributed by atoms with Gasteiger partial charge in [0.1, 0.15) is 10.9 Å². The highest BCUT2D eigenvalue weighted by Crippen LogP contribution is 2.34. The molecule has 0 radical (unpaired) electrons. The molecule has 0 spiro atoms. The van der Waals surface area contributed by atoms with E-state index in [1.165, 1.54) is 0 Å². The molecule has 0 aliphatic heterocycles. The largest absolute Gasteiger partial charge is 0.494 e. The van der Waals surface area contributed by atoms with Gasteiger partial charge in [0, 0.05) is 15.6 Å². The summed E-state index contributed by atoms with van der Waals surface area (Å²) in [6.45, 7) is 0. The van der Waals surface area contributed by atoms with Crippen molar-refractivity contribution in [3.05, 3.63) is 45.7 Å². The van der Waals surface area contributed by atoms with Crippen molar-refractivity contribution >= 4 is 34.8 Å². The van der Waals surface area contributed by atoms with E-state index in [9.17, 15) is 0 Å². The van der Waals surface area contributed by atoms with E-state index in [0.717, 1.165) is 11.1 Å². The Kier molecular flexibility index (Phi) is 3.77. The lowest BCUT2D eigenvalue weighted by Crippen LogP contribution is -1.90. The smallest absolute Gasteiger partial charge is 0.145 e. The highest BCUT2D eigenvalue weighted by atomic mass is 35.5. The summed E-state index contributed by atoms with van der Waals surface area (Å²) in [5.74, 6) is 0.618. The van der Waals surface area contributed by atoms with Gasteiger partial charge >= 0.3 is 0 Å². The molecule has 88 valence electrons. The van der Waals surface area contributed by atoms with Crippen LogP contribution in [0.5, 0.6) is 5.75 Å². The number of hydrogen-bond donors (Lipinski definition) is 0. The number of halogens is 3. The third kappa shape index (κ3) is 2.83. The summed E-state index contributed by atoms with van der Waals surface area (Å²) in [6.07, 6.45) is 1.56. The van der Waals surface area contributed by atoms with Crippen molar-refractivity contribution in [2.45, 2.75) is 0 Å². The first kappa shape index (κ1) is 12.5. The SMILES string of the molecule is COc1cnc(Cl)cc1-c1cc(Cl)cc(Cl)c1. The summed E-state index contributed by atoms with van der Waals surface area (Å²) < 4.78 is 5.23. The number of rotatable bonds is 2. The minimum atomic E-state index is 0.386. The van der Waals surface area contributed by atoms with E-state index in [1.807, 2.05) is 0 Å². The highest BCUT2D eigenvalue weighted by molar-refractivity contribution is 6.35. The summed E-state index contributed by atoms with van der Waals surface area (Å²) in [6, 6.07) is 6.97. The maximum absolute atomic E-state index is 5.96. The molecular weight excluding hydrogens is 280 g/mol. The molecule has 2 aromatic rings. The van der Waals surface area contributed by atoms with Gasteiger partial charge < -0.3 is 4.74 Å². The normalized spacial score (nSPS) is 10.4.